The van der Waals surface area contributed by atoms with Gasteiger partial charge in [-0.2, -0.15) is 0 Å². The lowest BCUT2D eigenvalue weighted by atomic mass is 10.3. The van der Waals surface area contributed by atoms with Gasteiger partial charge in [0.1, 0.15) is 0 Å². The van der Waals surface area contributed by atoms with Crippen molar-refractivity contribution in [2.45, 2.75) is 25.9 Å². The van der Waals surface area contributed by atoms with Crippen LogP contribution in [0.15, 0.2) is 11.8 Å². The van der Waals surface area contributed by atoms with E-state index in [1.165, 1.54) is 6.42 Å². The minimum absolute atomic E-state index is 0.443. The van der Waals surface area contributed by atoms with Gasteiger partial charge in [-0.1, -0.05) is 19.2 Å². The van der Waals surface area contributed by atoms with Crippen LogP contribution in [0.25, 0.3) is 0 Å². The molecule has 2 heteroatoms. The number of ether oxygens (including phenoxy) is 1. The fraction of sp³-hybridized carbons (Fsp3) is 0.750. The summed E-state index contributed by atoms with van der Waals surface area (Å²) in [5.41, 5.74) is 2.37. The summed E-state index contributed by atoms with van der Waals surface area (Å²) in [6.45, 7) is 5.55. The van der Waals surface area contributed by atoms with Gasteiger partial charge in [-0.25, -0.2) is 0 Å². The maximum Gasteiger partial charge on any atom is 0.0549 e. The molecule has 0 unspecified atom stereocenters. The van der Waals surface area contributed by atoms with Gasteiger partial charge in [-0.05, 0) is 12.8 Å². The summed E-state index contributed by atoms with van der Waals surface area (Å²) in [6.07, 6.45) is 4.63. The van der Waals surface area contributed by atoms with Gasteiger partial charge >= 0.3 is 0 Å². The van der Waals surface area contributed by atoms with Crippen molar-refractivity contribution in [2.75, 3.05) is 13.7 Å². The summed E-state index contributed by atoms with van der Waals surface area (Å²) in [5, 5.41) is 0. The first-order chi connectivity index (χ1) is 4.77. The Balaban J connectivity index is 3.02. The fourth-order valence-corrected chi connectivity index (χ4v) is 1.45. The van der Waals surface area contributed by atoms with E-state index in [0.717, 1.165) is 13.0 Å². The zero-order valence-corrected chi connectivity index (χ0v) is 8.42. The molecule has 1 nitrogen and oxygen atoms in total. The Labute approximate surface area is 65.7 Å². The molecule has 0 spiro atoms. The van der Waals surface area contributed by atoms with Crippen LogP contribution in [0.4, 0.5) is 0 Å². The predicted octanol–water partition coefficient (Wildman–Crippen LogP) is 2.00. The zero-order valence-electron chi connectivity index (χ0n) is 7.26. The highest BCUT2D eigenvalue weighted by Crippen LogP contribution is 1.92. The summed E-state index contributed by atoms with van der Waals surface area (Å²) >= 11 is 0. The van der Waals surface area contributed by atoms with Crippen LogP contribution in [-0.2, 0) is 4.74 Å². The Bertz CT molecular complexity index is 89.3. The Morgan fingerprint density at radius 1 is 1.40 bits per heavy atom. The van der Waals surface area contributed by atoms with Crippen LogP contribution >= 0.6 is 0 Å². The first-order valence-corrected chi connectivity index (χ1v) is 6.90. The standard InChI is InChI=1S/C8H18OSi/c1-9-7-5-4-6-8-10(2)3/h6,8,10H,4-5,7H2,1-3H3. The smallest absolute Gasteiger partial charge is 0.0549 e. The van der Waals surface area contributed by atoms with Gasteiger partial charge in [-0.3, -0.25) is 0 Å². The molecule has 0 saturated carbocycles. The van der Waals surface area contributed by atoms with Crippen molar-refractivity contribution in [3.05, 3.63) is 11.8 Å². The van der Waals surface area contributed by atoms with Crippen molar-refractivity contribution in [1.29, 1.82) is 0 Å². The van der Waals surface area contributed by atoms with E-state index >= 15 is 0 Å². The topological polar surface area (TPSA) is 9.23 Å². The van der Waals surface area contributed by atoms with Gasteiger partial charge in [0, 0.05) is 13.7 Å². The number of hydrogen-bond donors (Lipinski definition) is 0. The van der Waals surface area contributed by atoms with Crippen molar-refractivity contribution in [1.82, 2.24) is 0 Å². The highest BCUT2D eigenvalue weighted by molar-refractivity contribution is 6.61. The molecule has 10 heavy (non-hydrogen) atoms. The lowest BCUT2D eigenvalue weighted by Crippen LogP contribution is -1.92. The molecular formula is C8H18OSi. The molecule has 0 radical (unpaired) electrons. The summed E-state index contributed by atoms with van der Waals surface area (Å²) in [6, 6.07) is 0. The quantitative estimate of drug-likeness (QED) is 0.439. The van der Waals surface area contributed by atoms with Crippen LogP contribution in [-0.4, -0.2) is 22.5 Å². The highest BCUT2D eigenvalue weighted by atomic mass is 28.3. The van der Waals surface area contributed by atoms with Crippen molar-refractivity contribution >= 4 is 8.80 Å². The van der Waals surface area contributed by atoms with E-state index in [9.17, 15) is 0 Å². The Hall–Kier alpha value is -0.0831. The molecule has 0 aromatic rings. The van der Waals surface area contributed by atoms with E-state index in [1.54, 1.807) is 7.11 Å². The molecular weight excluding hydrogens is 140 g/mol. The molecule has 0 aromatic heterocycles. The molecule has 0 rings (SSSR count). The van der Waals surface area contributed by atoms with Gasteiger partial charge in [0.2, 0.25) is 0 Å². The van der Waals surface area contributed by atoms with Crippen molar-refractivity contribution < 1.29 is 4.74 Å². The second kappa shape index (κ2) is 7.03. The molecule has 0 heterocycles. The molecule has 0 atom stereocenters. The highest BCUT2D eigenvalue weighted by Gasteiger charge is 1.85. The number of methoxy groups -OCH3 is 1. The minimum atomic E-state index is -0.443. The van der Waals surface area contributed by atoms with Crippen LogP contribution in [0, 0.1) is 0 Å². The number of rotatable bonds is 5. The van der Waals surface area contributed by atoms with E-state index in [0.29, 0.717) is 0 Å². The molecule has 0 amide bonds. The monoisotopic (exact) mass is 158 g/mol. The molecule has 0 N–H and O–H groups in total. The zero-order chi connectivity index (χ0) is 7.82. The Kier molecular flexibility index (Phi) is 6.97. The summed E-state index contributed by atoms with van der Waals surface area (Å²) in [4.78, 5) is 0. The molecule has 0 aliphatic heterocycles. The third-order valence-electron chi connectivity index (χ3n) is 1.24. The van der Waals surface area contributed by atoms with E-state index in [1.807, 2.05) is 0 Å². The van der Waals surface area contributed by atoms with Crippen LogP contribution in [0.3, 0.4) is 0 Å². The fourth-order valence-electron chi connectivity index (χ4n) is 0.714. The average molecular weight is 158 g/mol. The second-order valence-corrected chi connectivity index (χ2v) is 5.68. The lowest BCUT2D eigenvalue weighted by Gasteiger charge is -1.94. The lowest BCUT2D eigenvalue weighted by molar-refractivity contribution is 0.196. The van der Waals surface area contributed by atoms with Gasteiger partial charge < -0.3 is 4.74 Å². The summed E-state index contributed by atoms with van der Waals surface area (Å²) in [5.74, 6) is 0. The van der Waals surface area contributed by atoms with Gasteiger partial charge in [0.05, 0.1) is 8.80 Å². The van der Waals surface area contributed by atoms with Crippen LogP contribution < -0.4 is 0 Å². The van der Waals surface area contributed by atoms with Crippen molar-refractivity contribution in [3.8, 4) is 0 Å². The predicted molar refractivity (Wildman–Crippen MR) is 49.1 cm³/mol. The van der Waals surface area contributed by atoms with Gasteiger partial charge in [0.15, 0.2) is 0 Å². The van der Waals surface area contributed by atoms with Crippen LogP contribution in [0.2, 0.25) is 13.1 Å². The van der Waals surface area contributed by atoms with Gasteiger partial charge in [-0.15, -0.1) is 5.70 Å². The molecule has 0 aliphatic rings. The maximum atomic E-state index is 4.93. The molecule has 0 saturated heterocycles. The number of hydrogen-bond acceptors (Lipinski definition) is 1. The largest absolute Gasteiger partial charge is 0.385 e. The first kappa shape index (κ1) is 9.92. The van der Waals surface area contributed by atoms with Crippen molar-refractivity contribution in [2.24, 2.45) is 0 Å². The Morgan fingerprint density at radius 3 is 2.60 bits per heavy atom. The third-order valence-corrected chi connectivity index (χ3v) is 2.28. The SMILES string of the molecule is COCCCC=C[SiH](C)C. The minimum Gasteiger partial charge on any atom is -0.385 e. The van der Waals surface area contributed by atoms with E-state index < -0.39 is 8.80 Å². The molecule has 0 aliphatic carbocycles. The molecule has 0 fully saturated rings. The maximum absolute atomic E-state index is 4.93. The van der Waals surface area contributed by atoms with Gasteiger partial charge in [0.25, 0.3) is 0 Å². The third kappa shape index (κ3) is 7.92. The van der Waals surface area contributed by atoms with Crippen molar-refractivity contribution in [3.63, 3.8) is 0 Å². The summed E-state index contributed by atoms with van der Waals surface area (Å²) in [7, 11) is 1.31. The number of unbranched alkanes of at least 4 members (excludes halogenated alkanes) is 1. The molecule has 0 bridgehead atoms. The summed E-state index contributed by atoms with van der Waals surface area (Å²) < 4.78 is 4.93. The molecule has 60 valence electrons. The second-order valence-electron chi connectivity index (χ2n) is 2.81. The first-order valence-electron chi connectivity index (χ1n) is 3.93. The van der Waals surface area contributed by atoms with E-state index in [2.05, 4.69) is 24.9 Å². The van der Waals surface area contributed by atoms with E-state index in [4.69, 9.17) is 4.74 Å². The Morgan fingerprint density at radius 2 is 2.10 bits per heavy atom. The molecule has 0 aromatic carbocycles. The van der Waals surface area contributed by atoms with E-state index in [-0.39, 0.29) is 0 Å². The average Bonchev–Trinajstić information content (AvgIpc) is 1.87. The van der Waals surface area contributed by atoms with Crippen LogP contribution in [0.1, 0.15) is 12.8 Å². The van der Waals surface area contributed by atoms with Crippen LogP contribution in [0.5, 0.6) is 0 Å². The normalized spacial score (nSPS) is 11.6. The number of allylic oxidation sites excluding steroid dienone is 1.